The molecule has 0 saturated carbocycles. The molecular formula is C6H11ClOS. The Bertz CT molecular complexity index is 93.1. The predicted molar refractivity (Wildman–Crippen MR) is 44.0 cm³/mol. The molecule has 3 heteroatoms. The van der Waals surface area contributed by atoms with Crippen molar-refractivity contribution in [2.75, 3.05) is 18.1 Å². The summed E-state index contributed by atoms with van der Waals surface area (Å²) in [5.41, 5.74) is 2.72. The molecule has 0 aliphatic heterocycles. The largest absolute Gasteiger partial charge is 0.396 e. The van der Waals surface area contributed by atoms with Crippen LogP contribution in [0.1, 0.15) is 6.92 Å². The van der Waals surface area contributed by atoms with Crippen molar-refractivity contribution in [3.8, 4) is 0 Å². The number of aliphatic hydroxyl groups is 1. The lowest BCUT2D eigenvalue weighted by Gasteiger charge is -1.96. The lowest BCUT2D eigenvalue weighted by molar-refractivity contribution is 0.322. The number of hydrogen-bond donors (Lipinski definition) is 1. The van der Waals surface area contributed by atoms with Crippen LogP contribution in [0.5, 0.6) is 0 Å². The van der Waals surface area contributed by atoms with Gasteiger partial charge in [-0.15, -0.1) is 0 Å². The molecule has 54 valence electrons. The number of rotatable bonds is 4. The van der Waals surface area contributed by atoms with Crippen LogP contribution in [0.3, 0.4) is 0 Å². The minimum atomic E-state index is 0.250. The Balaban J connectivity index is 3.07. The zero-order valence-corrected chi connectivity index (χ0v) is 7.00. The highest BCUT2D eigenvalue weighted by molar-refractivity contribution is 7.99. The van der Waals surface area contributed by atoms with Gasteiger partial charge in [-0.3, -0.25) is 0 Å². The second kappa shape index (κ2) is 6.46. The molecule has 1 nitrogen and oxygen atoms in total. The van der Waals surface area contributed by atoms with Gasteiger partial charge >= 0.3 is 0 Å². The number of thioether (sulfide) groups is 1. The van der Waals surface area contributed by atoms with Gasteiger partial charge in [0.2, 0.25) is 0 Å². The molecule has 0 aliphatic carbocycles. The quantitative estimate of drug-likeness (QED) is 0.644. The Morgan fingerprint density at radius 2 is 2.44 bits per heavy atom. The second-order valence-electron chi connectivity index (χ2n) is 1.73. The van der Waals surface area contributed by atoms with E-state index in [1.165, 1.54) is 0 Å². The normalized spacial score (nSPS) is 12.1. The molecule has 0 rings (SSSR count). The Labute approximate surface area is 65.1 Å². The fourth-order valence-corrected chi connectivity index (χ4v) is 1.18. The van der Waals surface area contributed by atoms with Crippen LogP contribution >= 0.6 is 23.4 Å². The van der Waals surface area contributed by atoms with E-state index >= 15 is 0 Å². The first-order valence-electron chi connectivity index (χ1n) is 2.75. The van der Waals surface area contributed by atoms with Crippen molar-refractivity contribution in [1.29, 1.82) is 0 Å². The molecule has 0 radical (unpaired) electrons. The van der Waals surface area contributed by atoms with E-state index in [9.17, 15) is 0 Å². The summed E-state index contributed by atoms with van der Waals surface area (Å²) in [5.74, 6) is 1.71. The van der Waals surface area contributed by atoms with E-state index < -0.39 is 0 Å². The lowest BCUT2D eigenvalue weighted by atomic mass is 10.4. The van der Waals surface area contributed by atoms with Crippen molar-refractivity contribution >= 4 is 23.4 Å². The van der Waals surface area contributed by atoms with E-state index in [4.69, 9.17) is 16.7 Å². The Hall–Kier alpha value is 0.340. The number of hydrogen-bond acceptors (Lipinski definition) is 2. The Kier molecular flexibility index (Phi) is 6.70. The third-order valence-electron chi connectivity index (χ3n) is 0.752. The van der Waals surface area contributed by atoms with Gasteiger partial charge in [-0.1, -0.05) is 17.2 Å². The summed E-state index contributed by atoms with van der Waals surface area (Å²) in [6.45, 7) is 2.22. The maximum Gasteiger partial charge on any atom is 0.0521 e. The average Bonchev–Trinajstić information content (AvgIpc) is 1.89. The van der Waals surface area contributed by atoms with Crippen molar-refractivity contribution in [2.24, 2.45) is 0 Å². The van der Waals surface area contributed by atoms with Crippen molar-refractivity contribution in [3.63, 3.8) is 0 Å². The molecule has 0 saturated heterocycles. The molecule has 0 amide bonds. The summed E-state index contributed by atoms with van der Waals surface area (Å²) in [4.78, 5) is 0. The van der Waals surface area contributed by atoms with Gasteiger partial charge in [0, 0.05) is 17.0 Å². The zero-order chi connectivity index (χ0) is 7.11. The van der Waals surface area contributed by atoms with Gasteiger partial charge in [0.15, 0.2) is 0 Å². The van der Waals surface area contributed by atoms with Crippen LogP contribution in [0.25, 0.3) is 0 Å². The summed E-state index contributed by atoms with van der Waals surface area (Å²) in [5, 5.41) is 8.38. The van der Waals surface area contributed by atoms with Crippen LogP contribution in [0, 0.1) is 0 Å². The minimum Gasteiger partial charge on any atom is -0.396 e. The lowest BCUT2D eigenvalue weighted by Crippen LogP contribution is -1.88. The highest BCUT2D eigenvalue weighted by atomic mass is 35.5. The number of aliphatic hydroxyl groups excluding tert-OH is 1. The predicted octanol–water partition coefficient (Wildman–Crippen LogP) is 1.85. The van der Waals surface area contributed by atoms with Gasteiger partial charge < -0.3 is 5.11 Å². The molecule has 0 aromatic rings. The van der Waals surface area contributed by atoms with E-state index in [0.717, 1.165) is 17.1 Å². The molecule has 0 bridgehead atoms. The third-order valence-corrected chi connectivity index (χ3v) is 2.25. The number of halogens is 1. The summed E-state index contributed by atoms with van der Waals surface area (Å²) >= 11 is 7.08. The monoisotopic (exact) mass is 166 g/mol. The zero-order valence-electron chi connectivity index (χ0n) is 5.43. The van der Waals surface area contributed by atoms with E-state index in [1.807, 2.05) is 6.92 Å². The third kappa shape index (κ3) is 6.22. The van der Waals surface area contributed by atoms with E-state index in [1.54, 1.807) is 17.3 Å². The molecule has 9 heavy (non-hydrogen) atoms. The van der Waals surface area contributed by atoms with Gasteiger partial charge in [0.1, 0.15) is 0 Å². The summed E-state index contributed by atoms with van der Waals surface area (Å²) < 4.78 is 0. The fraction of sp³-hybridized carbons (Fsp3) is 0.667. The van der Waals surface area contributed by atoms with E-state index in [2.05, 4.69) is 0 Å². The maximum atomic E-state index is 8.38. The summed E-state index contributed by atoms with van der Waals surface area (Å²) in [6, 6.07) is 0. The molecular weight excluding hydrogens is 156 g/mol. The van der Waals surface area contributed by atoms with Crippen LogP contribution in [0.2, 0.25) is 0 Å². The van der Waals surface area contributed by atoms with Crippen molar-refractivity contribution in [1.82, 2.24) is 0 Å². The van der Waals surface area contributed by atoms with Crippen LogP contribution in [-0.2, 0) is 0 Å². The van der Waals surface area contributed by atoms with Crippen molar-refractivity contribution < 1.29 is 5.11 Å². The molecule has 0 aromatic heterocycles. The van der Waals surface area contributed by atoms with Crippen molar-refractivity contribution in [3.05, 3.63) is 11.1 Å². The molecule has 0 heterocycles. The van der Waals surface area contributed by atoms with E-state index in [-0.39, 0.29) is 6.61 Å². The fourth-order valence-electron chi connectivity index (χ4n) is 0.329. The van der Waals surface area contributed by atoms with Gasteiger partial charge in [-0.2, -0.15) is 11.8 Å². The topological polar surface area (TPSA) is 20.2 Å². The molecule has 0 fully saturated rings. The molecule has 0 spiro atoms. The summed E-state index contributed by atoms with van der Waals surface area (Å²) in [7, 11) is 0. The highest BCUT2D eigenvalue weighted by Gasteiger charge is 1.87. The van der Waals surface area contributed by atoms with E-state index in [0.29, 0.717) is 0 Å². The first-order valence-corrected chi connectivity index (χ1v) is 4.35. The smallest absolute Gasteiger partial charge is 0.0521 e. The van der Waals surface area contributed by atoms with Gasteiger partial charge in [0.25, 0.3) is 0 Å². The van der Waals surface area contributed by atoms with Crippen LogP contribution in [-0.4, -0.2) is 23.2 Å². The first-order chi connectivity index (χ1) is 4.31. The molecule has 1 N–H and O–H groups in total. The minimum absolute atomic E-state index is 0.250. The van der Waals surface area contributed by atoms with Crippen molar-refractivity contribution in [2.45, 2.75) is 6.92 Å². The van der Waals surface area contributed by atoms with Gasteiger partial charge in [0.05, 0.1) is 6.61 Å². The average molecular weight is 167 g/mol. The Morgan fingerprint density at radius 1 is 1.78 bits per heavy atom. The highest BCUT2D eigenvalue weighted by Crippen LogP contribution is 2.06. The molecule has 0 aromatic carbocycles. The molecule has 0 aliphatic rings. The maximum absolute atomic E-state index is 8.38. The molecule has 0 unspecified atom stereocenters. The van der Waals surface area contributed by atoms with Crippen LogP contribution in [0.15, 0.2) is 11.1 Å². The SMILES string of the molecule is CC(=CCl)CSCCO. The Morgan fingerprint density at radius 3 is 2.89 bits per heavy atom. The van der Waals surface area contributed by atoms with Crippen LogP contribution in [0.4, 0.5) is 0 Å². The molecule has 0 atom stereocenters. The second-order valence-corrected chi connectivity index (χ2v) is 3.06. The van der Waals surface area contributed by atoms with Gasteiger partial charge in [-0.05, 0) is 6.92 Å². The van der Waals surface area contributed by atoms with Crippen LogP contribution < -0.4 is 0 Å². The first kappa shape index (κ1) is 9.34. The van der Waals surface area contributed by atoms with Gasteiger partial charge in [-0.25, -0.2) is 0 Å². The summed E-state index contributed by atoms with van der Waals surface area (Å²) in [6.07, 6.45) is 0. The standard InChI is InChI=1S/C6H11ClOS/c1-6(4-7)5-9-3-2-8/h4,8H,2-3,5H2,1H3.